The summed E-state index contributed by atoms with van der Waals surface area (Å²) < 4.78 is 70.2. The maximum absolute atomic E-state index is 13.5. The van der Waals surface area contributed by atoms with Gasteiger partial charge in [0.15, 0.2) is 0 Å². The zero-order valence-electron chi connectivity index (χ0n) is 20.2. The van der Waals surface area contributed by atoms with Gasteiger partial charge in [-0.15, -0.1) is 5.10 Å². The standard InChI is InChI=1S/C25H26F5N5O2/c1-3-20(17-7-5-16(2)6-8-17)23(35-15-31-33-34-35)24(36)32-21-10-9-19(13-18(21)14-22(26)27)37-12-4-11-25(28,29)30/h5-10,13,15,22H,3-4,11-12,14H2,1-2H3,(H,32,36)/b23-20-. The third-order valence-electron chi connectivity index (χ3n) is 5.41. The van der Waals surface area contributed by atoms with Gasteiger partial charge in [0.2, 0.25) is 6.43 Å². The van der Waals surface area contributed by atoms with E-state index < -0.39 is 31.4 Å². The Labute approximate surface area is 210 Å². The van der Waals surface area contributed by atoms with Gasteiger partial charge in [0.25, 0.3) is 5.91 Å². The zero-order valence-corrected chi connectivity index (χ0v) is 20.2. The van der Waals surface area contributed by atoms with Crippen molar-refractivity contribution in [2.45, 2.75) is 52.1 Å². The molecule has 198 valence electrons. The highest BCUT2D eigenvalue weighted by molar-refractivity contribution is 6.26. The molecule has 0 fully saturated rings. The number of aromatic nitrogens is 4. The normalized spacial score (nSPS) is 12.4. The van der Waals surface area contributed by atoms with Gasteiger partial charge in [0.1, 0.15) is 17.8 Å². The summed E-state index contributed by atoms with van der Waals surface area (Å²) in [5.74, 6) is -0.500. The number of allylic oxidation sites excluding steroid dienone is 1. The van der Waals surface area contributed by atoms with E-state index in [1.807, 2.05) is 38.1 Å². The summed E-state index contributed by atoms with van der Waals surface area (Å²) in [4.78, 5) is 13.5. The second-order valence-corrected chi connectivity index (χ2v) is 8.24. The highest BCUT2D eigenvalue weighted by Gasteiger charge is 2.26. The molecule has 0 aliphatic carbocycles. The molecule has 0 saturated carbocycles. The maximum atomic E-state index is 13.5. The van der Waals surface area contributed by atoms with Gasteiger partial charge >= 0.3 is 6.18 Å². The van der Waals surface area contributed by atoms with E-state index in [4.69, 9.17) is 4.74 Å². The van der Waals surface area contributed by atoms with Crippen LogP contribution in [0, 0.1) is 6.92 Å². The smallest absolute Gasteiger partial charge is 0.389 e. The number of hydrogen-bond acceptors (Lipinski definition) is 5. The van der Waals surface area contributed by atoms with Crippen LogP contribution in [0.15, 0.2) is 48.8 Å². The van der Waals surface area contributed by atoms with Crippen LogP contribution in [0.5, 0.6) is 5.75 Å². The fourth-order valence-corrected chi connectivity index (χ4v) is 3.67. The molecular weight excluding hydrogens is 497 g/mol. The molecule has 1 aromatic heterocycles. The van der Waals surface area contributed by atoms with Crippen LogP contribution in [-0.2, 0) is 11.2 Å². The fourth-order valence-electron chi connectivity index (χ4n) is 3.67. The van der Waals surface area contributed by atoms with Gasteiger partial charge in [0.05, 0.1) is 6.61 Å². The Morgan fingerprint density at radius 2 is 1.86 bits per heavy atom. The van der Waals surface area contributed by atoms with Crippen molar-refractivity contribution in [1.29, 1.82) is 0 Å². The van der Waals surface area contributed by atoms with Crippen molar-refractivity contribution in [2.24, 2.45) is 0 Å². The monoisotopic (exact) mass is 523 g/mol. The van der Waals surface area contributed by atoms with Gasteiger partial charge in [-0.1, -0.05) is 36.8 Å². The lowest BCUT2D eigenvalue weighted by molar-refractivity contribution is -0.136. The summed E-state index contributed by atoms with van der Waals surface area (Å²) in [5.41, 5.74) is 2.73. The Hall–Kier alpha value is -3.83. The average molecular weight is 524 g/mol. The maximum Gasteiger partial charge on any atom is 0.389 e. The van der Waals surface area contributed by atoms with Crippen molar-refractivity contribution in [2.75, 3.05) is 11.9 Å². The molecule has 0 unspecified atom stereocenters. The Kier molecular flexibility index (Phi) is 9.31. The quantitative estimate of drug-likeness (QED) is 0.192. The van der Waals surface area contributed by atoms with E-state index in [0.29, 0.717) is 12.0 Å². The number of halogens is 5. The molecule has 12 heteroatoms. The van der Waals surface area contributed by atoms with Crippen LogP contribution in [-0.4, -0.2) is 45.3 Å². The molecule has 2 aromatic carbocycles. The molecule has 3 rings (SSSR count). The second-order valence-electron chi connectivity index (χ2n) is 8.24. The number of nitrogens with one attached hydrogen (secondary N) is 1. The Morgan fingerprint density at radius 3 is 2.46 bits per heavy atom. The summed E-state index contributed by atoms with van der Waals surface area (Å²) in [6.45, 7) is 3.56. The molecule has 1 amide bonds. The minimum Gasteiger partial charge on any atom is -0.494 e. The molecule has 0 saturated heterocycles. The fraction of sp³-hybridized carbons (Fsp3) is 0.360. The lowest BCUT2D eigenvalue weighted by Crippen LogP contribution is -2.21. The molecule has 0 spiro atoms. The third-order valence-corrected chi connectivity index (χ3v) is 5.41. The number of rotatable bonds is 11. The minimum absolute atomic E-state index is 0.0705. The van der Waals surface area contributed by atoms with Crippen LogP contribution in [0.1, 0.15) is 42.9 Å². The number of aryl methyl sites for hydroxylation is 1. The first-order chi connectivity index (χ1) is 17.6. The largest absolute Gasteiger partial charge is 0.494 e. The SMILES string of the molecule is CC/C(=C(\C(=O)Nc1ccc(OCCCC(F)(F)F)cc1CC(F)F)n1cnnn1)c1ccc(C)cc1. The van der Waals surface area contributed by atoms with Crippen molar-refractivity contribution in [3.63, 3.8) is 0 Å². The molecule has 7 nitrogen and oxygen atoms in total. The lowest BCUT2D eigenvalue weighted by Gasteiger charge is -2.17. The van der Waals surface area contributed by atoms with Crippen molar-refractivity contribution in [1.82, 2.24) is 20.2 Å². The van der Waals surface area contributed by atoms with Crippen molar-refractivity contribution in [3.05, 3.63) is 65.5 Å². The number of tetrazole rings is 1. The summed E-state index contributed by atoms with van der Waals surface area (Å²) in [6, 6.07) is 11.6. The lowest BCUT2D eigenvalue weighted by atomic mass is 9.99. The van der Waals surface area contributed by atoms with Crippen LogP contribution in [0.3, 0.4) is 0 Å². The van der Waals surface area contributed by atoms with Gasteiger partial charge in [-0.25, -0.2) is 8.78 Å². The van der Waals surface area contributed by atoms with Crippen LogP contribution in [0.2, 0.25) is 0 Å². The van der Waals surface area contributed by atoms with E-state index in [9.17, 15) is 26.7 Å². The molecule has 0 radical (unpaired) electrons. The van der Waals surface area contributed by atoms with Crippen molar-refractivity contribution in [3.8, 4) is 5.75 Å². The molecule has 37 heavy (non-hydrogen) atoms. The molecule has 0 aliphatic heterocycles. The first-order valence-corrected chi connectivity index (χ1v) is 11.5. The van der Waals surface area contributed by atoms with Gasteiger partial charge in [-0.3, -0.25) is 4.79 Å². The van der Waals surface area contributed by atoms with Crippen LogP contribution in [0.4, 0.5) is 27.6 Å². The Bertz CT molecular complexity index is 1210. The van der Waals surface area contributed by atoms with Crippen LogP contribution in [0.25, 0.3) is 11.3 Å². The number of ether oxygens (including phenoxy) is 1. The molecule has 3 aromatic rings. The summed E-state index contributed by atoms with van der Waals surface area (Å²) in [6.07, 6.45) is -7.32. The third kappa shape index (κ3) is 8.09. The number of carbonyl (C=O) groups is 1. The van der Waals surface area contributed by atoms with Crippen molar-refractivity contribution < 1.29 is 31.5 Å². The highest BCUT2D eigenvalue weighted by atomic mass is 19.4. The number of amides is 1. The van der Waals surface area contributed by atoms with Crippen LogP contribution >= 0.6 is 0 Å². The summed E-state index contributed by atoms with van der Waals surface area (Å²) in [7, 11) is 0. The van der Waals surface area contributed by atoms with E-state index in [1.54, 1.807) is 0 Å². The molecule has 0 aliphatic rings. The molecule has 0 atom stereocenters. The Morgan fingerprint density at radius 1 is 1.14 bits per heavy atom. The predicted octanol–water partition coefficient (Wildman–Crippen LogP) is 5.93. The number of nitrogens with zero attached hydrogens (tertiary/aromatic N) is 4. The average Bonchev–Trinajstić information content (AvgIpc) is 3.35. The van der Waals surface area contributed by atoms with Crippen LogP contribution < -0.4 is 10.1 Å². The highest BCUT2D eigenvalue weighted by Crippen LogP contribution is 2.29. The summed E-state index contributed by atoms with van der Waals surface area (Å²) in [5, 5.41) is 13.7. The van der Waals surface area contributed by atoms with E-state index in [1.165, 1.54) is 29.2 Å². The van der Waals surface area contributed by atoms with Gasteiger partial charge < -0.3 is 10.1 Å². The number of hydrogen-bond donors (Lipinski definition) is 1. The van der Waals surface area contributed by atoms with E-state index in [2.05, 4.69) is 20.8 Å². The van der Waals surface area contributed by atoms with Gasteiger partial charge in [-0.2, -0.15) is 17.9 Å². The minimum atomic E-state index is -4.31. The topological polar surface area (TPSA) is 81.9 Å². The van der Waals surface area contributed by atoms with Crippen molar-refractivity contribution >= 4 is 22.9 Å². The first kappa shape index (κ1) is 27.8. The van der Waals surface area contributed by atoms with Gasteiger partial charge in [-0.05, 0) is 65.1 Å². The molecule has 0 bridgehead atoms. The molecular formula is C25H26F5N5O2. The van der Waals surface area contributed by atoms with E-state index in [-0.39, 0.29) is 35.7 Å². The molecule has 1 N–H and O–H groups in total. The summed E-state index contributed by atoms with van der Waals surface area (Å²) >= 11 is 0. The number of anilines is 1. The Balaban J connectivity index is 1.90. The van der Waals surface area contributed by atoms with Gasteiger partial charge in [0, 0.05) is 18.5 Å². The second kappa shape index (κ2) is 12.4. The number of alkyl halides is 5. The number of carbonyl (C=O) groups excluding carboxylic acids is 1. The predicted molar refractivity (Wildman–Crippen MR) is 128 cm³/mol. The first-order valence-electron chi connectivity index (χ1n) is 11.5. The van der Waals surface area contributed by atoms with E-state index >= 15 is 0 Å². The van der Waals surface area contributed by atoms with E-state index in [0.717, 1.165) is 11.1 Å². The number of benzene rings is 2. The zero-order chi connectivity index (χ0) is 27.0. The molecule has 1 heterocycles.